The fourth-order valence-electron chi connectivity index (χ4n) is 3.37. The molecule has 0 saturated heterocycles. The molecular formula is C21H37N5O2S. The minimum absolute atomic E-state index is 0.171. The topological polar surface area (TPSA) is 73.0 Å². The molecule has 0 aliphatic carbocycles. The highest BCUT2D eigenvalue weighted by Gasteiger charge is 2.23. The molecule has 0 spiro atoms. The Morgan fingerprint density at radius 3 is 2.59 bits per heavy atom. The Balaban J connectivity index is 2.08. The Bertz CT molecular complexity index is 854. The van der Waals surface area contributed by atoms with Gasteiger partial charge in [-0.25, -0.2) is 13.4 Å². The molecule has 29 heavy (non-hydrogen) atoms. The van der Waals surface area contributed by atoms with Gasteiger partial charge in [0, 0.05) is 32.9 Å². The average Bonchev–Trinajstić information content (AvgIpc) is 3.24. The first-order chi connectivity index (χ1) is 13.7. The van der Waals surface area contributed by atoms with E-state index in [1.807, 2.05) is 28.7 Å². The van der Waals surface area contributed by atoms with Crippen molar-refractivity contribution in [2.45, 2.75) is 71.1 Å². The first-order valence-electron chi connectivity index (χ1n) is 10.7. The minimum Gasteiger partial charge on any atom is -0.318 e. The van der Waals surface area contributed by atoms with Crippen molar-refractivity contribution in [1.82, 2.24) is 24.2 Å². The number of hydrogen-bond donors (Lipinski definition) is 0. The Morgan fingerprint density at radius 1 is 1.21 bits per heavy atom. The van der Waals surface area contributed by atoms with E-state index >= 15 is 0 Å². The number of rotatable bonds is 13. The van der Waals surface area contributed by atoms with Crippen LogP contribution in [0.15, 0.2) is 23.7 Å². The second-order valence-electron chi connectivity index (χ2n) is 8.40. The van der Waals surface area contributed by atoms with E-state index < -0.39 is 9.84 Å². The van der Waals surface area contributed by atoms with Gasteiger partial charge in [-0.05, 0) is 44.2 Å². The molecule has 2 aromatic rings. The Kier molecular flexibility index (Phi) is 8.89. The van der Waals surface area contributed by atoms with Gasteiger partial charge in [0.1, 0.15) is 0 Å². The van der Waals surface area contributed by atoms with Gasteiger partial charge >= 0.3 is 0 Å². The normalized spacial score (nSPS) is 12.4. The molecule has 0 unspecified atom stereocenters. The van der Waals surface area contributed by atoms with Crippen LogP contribution < -0.4 is 0 Å². The highest BCUT2D eigenvalue weighted by atomic mass is 32.2. The molecule has 164 valence electrons. The molecule has 0 saturated carbocycles. The number of likely N-dealkylation sites (N-methyl/N-ethyl adjacent to an activating group) is 1. The smallest absolute Gasteiger partial charge is 0.227 e. The lowest BCUT2D eigenvalue weighted by molar-refractivity contribution is 0.318. The van der Waals surface area contributed by atoms with Crippen LogP contribution >= 0.6 is 0 Å². The Morgan fingerprint density at radius 2 is 1.97 bits per heavy atom. The third kappa shape index (κ3) is 7.26. The van der Waals surface area contributed by atoms with E-state index in [1.54, 1.807) is 6.20 Å². The van der Waals surface area contributed by atoms with Crippen LogP contribution in [0.25, 0.3) is 0 Å². The summed E-state index contributed by atoms with van der Waals surface area (Å²) in [5, 5.41) is 4.45. The zero-order chi connectivity index (χ0) is 21.4. The molecule has 0 aliphatic heterocycles. The van der Waals surface area contributed by atoms with Crippen molar-refractivity contribution >= 4 is 9.84 Å². The molecule has 0 fully saturated rings. The zero-order valence-electron chi connectivity index (χ0n) is 18.6. The summed E-state index contributed by atoms with van der Waals surface area (Å²) in [6.45, 7) is 8.61. The average molecular weight is 424 g/mol. The largest absolute Gasteiger partial charge is 0.318 e. The van der Waals surface area contributed by atoms with Gasteiger partial charge in [0.05, 0.1) is 23.8 Å². The van der Waals surface area contributed by atoms with E-state index in [4.69, 9.17) is 0 Å². The number of unbranched alkanes of at least 4 members (excludes halogenated alkanes) is 1. The van der Waals surface area contributed by atoms with E-state index in [-0.39, 0.29) is 10.9 Å². The molecule has 0 aromatic carbocycles. The lowest BCUT2D eigenvalue weighted by Crippen LogP contribution is -2.23. The van der Waals surface area contributed by atoms with Crippen molar-refractivity contribution in [3.8, 4) is 0 Å². The molecule has 0 radical (unpaired) electrons. The van der Waals surface area contributed by atoms with Gasteiger partial charge < -0.3 is 9.47 Å². The minimum atomic E-state index is -3.36. The number of sulfone groups is 1. The fraction of sp³-hybridized carbons (Fsp3) is 0.714. The van der Waals surface area contributed by atoms with Gasteiger partial charge in [0.15, 0.2) is 0 Å². The molecule has 8 heteroatoms. The van der Waals surface area contributed by atoms with Gasteiger partial charge in [-0.1, -0.05) is 27.2 Å². The molecule has 2 heterocycles. The third-order valence-corrected chi connectivity index (χ3v) is 6.79. The van der Waals surface area contributed by atoms with Crippen LogP contribution in [0.2, 0.25) is 0 Å². The van der Waals surface area contributed by atoms with Crippen LogP contribution in [0, 0.1) is 5.92 Å². The predicted octanol–water partition coefficient (Wildman–Crippen LogP) is 3.30. The van der Waals surface area contributed by atoms with Crippen LogP contribution in [0.1, 0.15) is 57.7 Å². The standard InChI is InChI=1S/C21H37N5O2S/c1-6-7-11-26-20(17-24(4)12-10-19-14-23-25(5)16-19)15-22-21(26)29(27,28)13-8-9-18(2)3/h14-16,18H,6-13,17H2,1-5H3. The van der Waals surface area contributed by atoms with Gasteiger partial charge in [0.25, 0.3) is 0 Å². The maximum Gasteiger partial charge on any atom is 0.227 e. The monoisotopic (exact) mass is 423 g/mol. The summed E-state index contributed by atoms with van der Waals surface area (Å²) < 4.78 is 29.5. The van der Waals surface area contributed by atoms with Gasteiger partial charge in [-0.2, -0.15) is 5.10 Å². The highest BCUT2D eigenvalue weighted by molar-refractivity contribution is 7.91. The van der Waals surface area contributed by atoms with Gasteiger partial charge in [-0.15, -0.1) is 0 Å². The molecule has 0 aliphatic rings. The van der Waals surface area contributed by atoms with Crippen molar-refractivity contribution in [1.29, 1.82) is 0 Å². The maximum absolute atomic E-state index is 12.9. The van der Waals surface area contributed by atoms with E-state index in [0.29, 0.717) is 25.4 Å². The number of aromatic nitrogens is 4. The van der Waals surface area contributed by atoms with Crippen LogP contribution in [-0.2, 0) is 36.4 Å². The summed E-state index contributed by atoms with van der Waals surface area (Å²) in [6, 6.07) is 0. The molecule has 0 bridgehead atoms. The van der Waals surface area contributed by atoms with E-state index in [1.165, 1.54) is 5.56 Å². The summed E-state index contributed by atoms with van der Waals surface area (Å²) in [4.78, 5) is 6.56. The zero-order valence-corrected chi connectivity index (χ0v) is 19.5. The van der Waals surface area contributed by atoms with Crippen molar-refractivity contribution in [3.63, 3.8) is 0 Å². The lowest BCUT2D eigenvalue weighted by Gasteiger charge is -2.18. The van der Waals surface area contributed by atoms with Crippen LogP contribution in [-0.4, -0.2) is 52.0 Å². The number of aryl methyl sites for hydroxylation is 1. The molecule has 2 rings (SSSR count). The SMILES string of the molecule is CCCCn1c(CN(C)CCc2cnn(C)c2)cnc1S(=O)(=O)CCCC(C)C. The molecule has 0 atom stereocenters. The van der Waals surface area contributed by atoms with Crippen molar-refractivity contribution in [2.75, 3.05) is 19.3 Å². The maximum atomic E-state index is 12.9. The van der Waals surface area contributed by atoms with Crippen LogP contribution in [0.4, 0.5) is 0 Å². The fourth-order valence-corrected chi connectivity index (χ4v) is 4.86. The quantitative estimate of drug-likeness (QED) is 0.494. The molecule has 0 N–H and O–H groups in total. The van der Waals surface area contributed by atoms with Crippen molar-refractivity contribution in [2.24, 2.45) is 13.0 Å². The van der Waals surface area contributed by atoms with Gasteiger partial charge in [-0.3, -0.25) is 4.68 Å². The van der Waals surface area contributed by atoms with Crippen molar-refractivity contribution < 1.29 is 8.42 Å². The number of hydrogen-bond acceptors (Lipinski definition) is 5. The van der Waals surface area contributed by atoms with Gasteiger partial charge in [0.2, 0.25) is 15.0 Å². The summed E-state index contributed by atoms with van der Waals surface area (Å²) in [7, 11) is 0.617. The number of imidazole rings is 1. The second kappa shape index (κ2) is 10.9. The third-order valence-electron chi connectivity index (χ3n) is 5.08. The summed E-state index contributed by atoms with van der Waals surface area (Å²) in [5.41, 5.74) is 2.17. The Hall–Kier alpha value is -1.67. The summed E-state index contributed by atoms with van der Waals surface area (Å²) in [5.74, 6) is 0.680. The Labute approximate surface area is 176 Å². The summed E-state index contributed by atoms with van der Waals surface area (Å²) in [6.07, 6.45) is 10.1. The molecule has 7 nitrogen and oxygen atoms in total. The highest BCUT2D eigenvalue weighted by Crippen LogP contribution is 2.18. The molecule has 0 amide bonds. The summed E-state index contributed by atoms with van der Waals surface area (Å²) >= 11 is 0. The number of nitrogens with zero attached hydrogens (tertiary/aromatic N) is 5. The van der Waals surface area contributed by atoms with Crippen molar-refractivity contribution in [3.05, 3.63) is 29.8 Å². The molecule has 2 aromatic heterocycles. The predicted molar refractivity (Wildman–Crippen MR) is 117 cm³/mol. The van der Waals surface area contributed by atoms with E-state index in [2.05, 4.69) is 42.8 Å². The van der Waals surface area contributed by atoms with Crippen LogP contribution in [0.3, 0.4) is 0 Å². The first kappa shape index (κ1) is 23.6. The second-order valence-corrected chi connectivity index (χ2v) is 10.4. The molecular weight excluding hydrogens is 386 g/mol. The van der Waals surface area contributed by atoms with E-state index in [9.17, 15) is 8.42 Å². The van der Waals surface area contributed by atoms with Crippen LogP contribution in [0.5, 0.6) is 0 Å². The van der Waals surface area contributed by atoms with E-state index in [0.717, 1.165) is 37.9 Å². The first-order valence-corrected chi connectivity index (χ1v) is 12.3. The lowest BCUT2D eigenvalue weighted by atomic mass is 10.1.